The molecule has 0 bridgehead atoms. The van der Waals surface area contributed by atoms with Crippen molar-refractivity contribution >= 4 is 17.7 Å². The predicted molar refractivity (Wildman–Crippen MR) is 87.8 cm³/mol. The molecule has 1 aliphatic rings. The van der Waals surface area contributed by atoms with Gasteiger partial charge in [-0.15, -0.1) is 11.8 Å². The smallest absolute Gasteiger partial charge is 0.230 e. The lowest BCUT2D eigenvalue weighted by Crippen LogP contribution is -2.46. The summed E-state index contributed by atoms with van der Waals surface area (Å²) in [6.07, 6.45) is 3.73. The molecule has 2 unspecified atom stereocenters. The number of ether oxygens (including phenoxy) is 1. The molecule has 1 N–H and O–H groups in total. The molecule has 0 radical (unpaired) electrons. The van der Waals surface area contributed by atoms with Gasteiger partial charge in [0.15, 0.2) is 0 Å². The van der Waals surface area contributed by atoms with Crippen molar-refractivity contribution in [1.82, 2.24) is 5.32 Å². The first-order valence-corrected chi connectivity index (χ1v) is 8.65. The maximum atomic E-state index is 12.2. The Balaban J connectivity index is 1.84. The van der Waals surface area contributed by atoms with Crippen LogP contribution in [0.4, 0.5) is 0 Å². The molecule has 0 aliphatic heterocycles. The highest BCUT2D eigenvalue weighted by Crippen LogP contribution is 2.29. The molecule has 1 aliphatic carbocycles. The van der Waals surface area contributed by atoms with Crippen molar-refractivity contribution in [3.63, 3.8) is 0 Å². The summed E-state index contributed by atoms with van der Waals surface area (Å²) in [5, 5.41) is 3.23. The molecule has 1 fully saturated rings. The fourth-order valence-electron chi connectivity index (χ4n) is 3.03. The molecule has 1 aromatic carbocycles. The van der Waals surface area contributed by atoms with Gasteiger partial charge >= 0.3 is 0 Å². The molecule has 0 saturated heterocycles. The lowest BCUT2D eigenvalue weighted by molar-refractivity contribution is -0.120. The number of thioether (sulfide) groups is 1. The SMILES string of the molecule is COc1cccc(SCC(=O)NC2C(C)CCCC2C)c1. The van der Waals surface area contributed by atoms with Crippen LogP contribution in [0.25, 0.3) is 0 Å². The van der Waals surface area contributed by atoms with Crippen LogP contribution in [0.1, 0.15) is 33.1 Å². The zero-order valence-corrected chi connectivity index (χ0v) is 13.9. The summed E-state index contributed by atoms with van der Waals surface area (Å²) in [5.74, 6) is 2.59. The fraction of sp³-hybridized carbons (Fsp3) is 0.588. The molecule has 2 rings (SSSR count). The Morgan fingerprint density at radius 2 is 2.05 bits per heavy atom. The number of benzene rings is 1. The fourth-order valence-corrected chi connectivity index (χ4v) is 3.79. The maximum absolute atomic E-state index is 12.2. The Kier molecular flexibility index (Phi) is 5.97. The number of rotatable bonds is 5. The van der Waals surface area contributed by atoms with E-state index in [4.69, 9.17) is 4.74 Å². The number of carbonyl (C=O) groups is 1. The average molecular weight is 307 g/mol. The van der Waals surface area contributed by atoms with Crippen LogP contribution in [0.3, 0.4) is 0 Å². The van der Waals surface area contributed by atoms with Crippen LogP contribution in [0.2, 0.25) is 0 Å². The van der Waals surface area contributed by atoms with E-state index in [1.165, 1.54) is 19.3 Å². The van der Waals surface area contributed by atoms with Gasteiger partial charge in [-0.3, -0.25) is 4.79 Å². The van der Waals surface area contributed by atoms with Crippen LogP contribution in [-0.4, -0.2) is 24.8 Å². The van der Waals surface area contributed by atoms with E-state index in [9.17, 15) is 4.79 Å². The highest BCUT2D eigenvalue weighted by molar-refractivity contribution is 8.00. The summed E-state index contributed by atoms with van der Waals surface area (Å²) in [6.45, 7) is 4.49. The van der Waals surface area contributed by atoms with E-state index < -0.39 is 0 Å². The van der Waals surface area contributed by atoms with Crippen molar-refractivity contribution in [3.05, 3.63) is 24.3 Å². The summed E-state index contributed by atoms with van der Waals surface area (Å²) in [6, 6.07) is 8.16. The Hall–Kier alpha value is -1.16. The Morgan fingerprint density at radius 1 is 1.33 bits per heavy atom. The zero-order valence-electron chi connectivity index (χ0n) is 13.1. The van der Waals surface area contributed by atoms with Gasteiger partial charge < -0.3 is 10.1 Å². The second kappa shape index (κ2) is 7.74. The lowest BCUT2D eigenvalue weighted by Gasteiger charge is -2.35. The molecule has 1 amide bonds. The molecule has 0 heterocycles. The molecule has 1 saturated carbocycles. The van der Waals surface area contributed by atoms with Crippen LogP contribution in [-0.2, 0) is 4.79 Å². The Bertz CT molecular complexity index is 468. The zero-order chi connectivity index (χ0) is 15.2. The summed E-state index contributed by atoms with van der Waals surface area (Å²) in [5.41, 5.74) is 0. The van der Waals surface area contributed by atoms with Crippen molar-refractivity contribution in [2.75, 3.05) is 12.9 Å². The highest BCUT2D eigenvalue weighted by Gasteiger charge is 2.28. The lowest BCUT2D eigenvalue weighted by atomic mass is 9.79. The molecule has 1 aromatic rings. The number of nitrogens with one attached hydrogen (secondary N) is 1. The van der Waals surface area contributed by atoms with Gasteiger partial charge in [-0.25, -0.2) is 0 Å². The van der Waals surface area contributed by atoms with Gasteiger partial charge in [0, 0.05) is 10.9 Å². The van der Waals surface area contributed by atoms with E-state index in [1.807, 2.05) is 24.3 Å². The Labute approximate surface area is 131 Å². The predicted octanol–water partition coefficient (Wildman–Crippen LogP) is 3.73. The minimum absolute atomic E-state index is 0.133. The minimum Gasteiger partial charge on any atom is -0.497 e. The standard InChI is InChI=1S/C17H25NO2S/c1-12-6-4-7-13(2)17(12)18-16(19)11-21-15-9-5-8-14(10-15)20-3/h5,8-10,12-13,17H,4,6-7,11H2,1-3H3,(H,18,19). The third-order valence-corrected chi connectivity index (χ3v) is 5.28. The Morgan fingerprint density at radius 3 is 2.71 bits per heavy atom. The van der Waals surface area contributed by atoms with Crippen molar-refractivity contribution in [3.8, 4) is 5.75 Å². The van der Waals surface area contributed by atoms with Crippen molar-refractivity contribution in [2.24, 2.45) is 11.8 Å². The van der Waals surface area contributed by atoms with E-state index >= 15 is 0 Å². The number of hydrogen-bond donors (Lipinski definition) is 1. The largest absolute Gasteiger partial charge is 0.497 e. The van der Waals surface area contributed by atoms with Gasteiger partial charge in [0.25, 0.3) is 0 Å². The van der Waals surface area contributed by atoms with Crippen LogP contribution >= 0.6 is 11.8 Å². The molecule has 4 heteroatoms. The normalized spacial score (nSPS) is 25.4. The van der Waals surface area contributed by atoms with Gasteiger partial charge in [-0.05, 0) is 42.9 Å². The molecule has 2 atom stereocenters. The first kappa shape index (κ1) is 16.2. The second-order valence-electron chi connectivity index (χ2n) is 5.95. The second-order valence-corrected chi connectivity index (χ2v) is 7.00. The van der Waals surface area contributed by atoms with E-state index in [2.05, 4.69) is 19.2 Å². The quantitative estimate of drug-likeness (QED) is 0.842. The van der Waals surface area contributed by atoms with E-state index in [-0.39, 0.29) is 5.91 Å². The minimum atomic E-state index is 0.133. The van der Waals surface area contributed by atoms with Crippen molar-refractivity contribution < 1.29 is 9.53 Å². The maximum Gasteiger partial charge on any atom is 0.230 e. The van der Waals surface area contributed by atoms with Crippen LogP contribution in [0, 0.1) is 11.8 Å². The third kappa shape index (κ3) is 4.67. The molecule has 0 spiro atoms. The molecular weight excluding hydrogens is 282 g/mol. The van der Waals surface area contributed by atoms with Crippen LogP contribution in [0.15, 0.2) is 29.2 Å². The molecule has 0 aromatic heterocycles. The van der Waals surface area contributed by atoms with Crippen molar-refractivity contribution in [2.45, 2.75) is 44.0 Å². The van der Waals surface area contributed by atoms with Gasteiger partial charge in [0.1, 0.15) is 5.75 Å². The monoisotopic (exact) mass is 307 g/mol. The van der Waals surface area contributed by atoms with Crippen LogP contribution in [0.5, 0.6) is 5.75 Å². The number of methoxy groups -OCH3 is 1. The molecule has 21 heavy (non-hydrogen) atoms. The van der Waals surface area contributed by atoms with E-state index in [1.54, 1.807) is 18.9 Å². The first-order valence-electron chi connectivity index (χ1n) is 7.66. The van der Waals surface area contributed by atoms with Gasteiger partial charge in [0.05, 0.1) is 12.9 Å². The van der Waals surface area contributed by atoms with Gasteiger partial charge in [0.2, 0.25) is 5.91 Å². The molecular formula is C17H25NO2S. The first-order chi connectivity index (χ1) is 10.1. The highest BCUT2D eigenvalue weighted by atomic mass is 32.2. The summed E-state index contributed by atoms with van der Waals surface area (Å²) in [4.78, 5) is 13.2. The van der Waals surface area contributed by atoms with E-state index in [0.29, 0.717) is 23.6 Å². The van der Waals surface area contributed by atoms with E-state index in [0.717, 1.165) is 10.6 Å². The molecule has 116 valence electrons. The molecule has 3 nitrogen and oxygen atoms in total. The van der Waals surface area contributed by atoms with Crippen LogP contribution < -0.4 is 10.1 Å². The average Bonchev–Trinajstić information content (AvgIpc) is 2.49. The van der Waals surface area contributed by atoms with Crippen molar-refractivity contribution in [1.29, 1.82) is 0 Å². The summed E-state index contributed by atoms with van der Waals surface area (Å²) in [7, 11) is 1.66. The number of carbonyl (C=O) groups excluding carboxylic acids is 1. The topological polar surface area (TPSA) is 38.3 Å². The van der Waals surface area contributed by atoms with Gasteiger partial charge in [-0.1, -0.05) is 26.3 Å². The summed E-state index contributed by atoms with van der Waals surface area (Å²) >= 11 is 1.56. The third-order valence-electron chi connectivity index (χ3n) is 4.28. The number of amides is 1. The summed E-state index contributed by atoms with van der Waals surface area (Å²) < 4.78 is 5.20. The van der Waals surface area contributed by atoms with Gasteiger partial charge in [-0.2, -0.15) is 0 Å². The number of hydrogen-bond acceptors (Lipinski definition) is 3.